The van der Waals surface area contributed by atoms with Crippen LogP contribution in [0.5, 0.6) is 0 Å². The van der Waals surface area contributed by atoms with E-state index in [-0.39, 0.29) is 23.2 Å². The van der Waals surface area contributed by atoms with Crippen molar-refractivity contribution in [1.82, 2.24) is 9.88 Å². The first kappa shape index (κ1) is 18.0. The first-order valence-corrected chi connectivity index (χ1v) is 9.40. The zero-order chi connectivity index (χ0) is 19.1. The monoisotopic (exact) mass is 407 g/mol. The number of likely N-dealkylation sites (N-methyl/N-ethyl adjacent to an activating group) is 1. The number of urea groups is 1. The molecule has 0 saturated carbocycles. The summed E-state index contributed by atoms with van der Waals surface area (Å²) in [5.74, 6) is -0.554. The fourth-order valence-corrected chi connectivity index (χ4v) is 4.19. The second-order valence-corrected chi connectivity index (χ2v) is 7.53. The molecule has 0 aliphatic carbocycles. The molecule has 1 aliphatic rings. The molecule has 1 aromatic carbocycles. The number of aromatic nitrogens is 1. The number of amides is 2. The third-order valence-electron chi connectivity index (χ3n) is 4.57. The average Bonchev–Trinajstić information content (AvgIpc) is 3.14. The number of thiophene rings is 1. The molecule has 0 bridgehead atoms. The second kappa shape index (κ2) is 6.95. The number of ether oxygens (including phenoxy) is 1. The zero-order valence-electron chi connectivity index (χ0n) is 14.2. The molecule has 140 valence electrons. The molecule has 2 amide bonds. The van der Waals surface area contributed by atoms with Gasteiger partial charge in [-0.1, -0.05) is 11.6 Å². The lowest BCUT2D eigenvalue weighted by molar-refractivity contribution is 0.0528. The van der Waals surface area contributed by atoms with Gasteiger partial charge in [-0.2, -0.15) is 0 Å². The van der Waals surface area contributed by atoms with Gasteiger partial charge in [0.05, 0.1) is 29.0 Å². The van der Waals surface area contributed by atoms with Crippen LogP contribution in [0.25, 0.3) is 10.1 Å². The number of anilines is 1. The maximum atomic E-state index is 13.3. The van der Waals surface area contributed by atoms with Gasteiger partial charge in [0.1, 0.15) is 5.82 Å². The molecule has 2 aromatic heterocycles. The number of pyridine rings is 1. The Bertz CT molecular complexity index is 1100. The molecule has 9 heteroatoms. The Kier molecular flexibility index (Phi) is 4.63. The van der Waals surface area contributed by atoms with Crippen molar-refractivity contribution in [3.8, 4) is 0 Å². The number of hydrogen-bond acceptors (Lipinski definition) is 4. The first-order chi connectivity index (χ1) is 13.0. The van der Waals surface area contributed by atoms with Crippen LogP contribution in [0.1, 0.15) is 17.3 Å². The molecular formula is C18H15ClFN3O3S. The fraction of sp³-hybridized carbons (Fsp3) is 0.222. The van der Waals surface area contributed by atoms with E-state index < -0.39 is 11.8 Å². The Morgan fingerprint density at radius 1 is 1.44 bits per heavy atom. The molecule has 1 atom stereocenters. The highest BCUT2D eigenvalue weighted by atomic mass is 35.5. The Balaban J connectivity index is 1.66. The SMILES string of the molecule is CN(C(=O)Nc1ccc(F)c(Cl)c1)C1COCc2[nH]c(=O)c3sccc3c21. The number of nitrogens with zero attached hydrogens (tertiary/aromatic N) is 1. The van der Waals surface area contributed by atoms with E-state index in [1.165, 1.54) is 34.4 Å². The second-order valence-electron chi connectivity index (χ2n) is 6.21. The third kappa shape index (κ3) is 3.20. The molecule has 1 unspecified atom stereocenters. The quantitative estimate of drug-likeness (QED) is 0.671. The van der Waals surface area contributed by atoms with E-state index in [4.69, 9.17) is 16.3 Å². The normalized spacial score (nSPS) is 16.2. The number of carbonyl (C=O) groups excluding carboxylic acids is 1. The standard InChI is InChI=1S/C18H15ClFN3O3S/c1-23(18(25)21-9-2-3-12(20)11(19)6-9)14-8-26-7-13-15(14)10-4-5-27-16(10)17(24)22-13/h2-6,14H,7-8H2,1H3,(H,21,25)(H,22,24). The molecule has 0 radical (unpaired) electrons. The van der Waals surface area contributed by atoms with Crippen molar-refractivity contribution >= 4 is 44.7 Å². The molecule has 2 N–H and O–H groups in total. The molecule has 4 rings (SSSR count). The predicted octanol–water partition coefficient (Wildman–Crippen LogP) is 4.12. The molecule has 0 fully saturated rings. The van der Waals surface area contributed by atoms with Crippen molar-refractivity contribution in [2.24, 2.45) is 0 Å². The van der Waals surface area contributed by atoms with Crippen LogP contribution >= 0.6 is 22.9 Å². The summed E-state index contributed by atoms with van der Waals surface area (Å²) in [6, 6.07) is 5.09. The number of H-pyrrole nitrogens is 1. The highest BCUT2D eigenvalue weighted by Gasteiger charge is 2.30. The number of rotatable bonds is 2. The van der Waals surface area contributed by atoms with Crippen molar-refractivity contribution in [2.75, 3.05) is 19.0 Å². The van der Waals surface area contributed by atoms with Gasteiger partial charge in [-0.15, -0.1) is 11.3 Å². The number of nitrogens with one attached hydrogen (secondary N) is 2. The first-order valence-electron chi connectivity index (χ1n) is 8.14. The Morgan fingerprint density at radius 2 is 2.26 bits per heavy atom. The minimum atomic E-state index is -0.554. The van der Waals surface area contributed by atoms with Gasteiger partial charge < -0.3 is 19.9 Å². The van der Waals surface area contributed by atoms with Crippen LogP contribution in [0.4, 0.5) is 14.9 Å². The number of aromatic amines is 1. The van der Waals surface area contributed by atoms with Crippen molar-refractivity contribution in [1.29, 1.82) is 0 Å². The maximum absolute atomic E-state index is 13.3. The summed E-state index contributed by atoms with van der Waals surface area (Å²) in [4.78, 5) is 29.3. The van der Waals surface area contributed by atoms with Crippen molar-refractivity contribution in [3.63, 3.8) is 0 Å². The van der Waals surface area contributed by atoms with E-state index in [2.05, 4.69) is 10.3 Å². The Labute approximate surface area is 162 Å². The molecule has 3 heterocycles. The lowest BCUT2D eigenvalue weighted by Gasteiger charge is -2.33. The van der Waals surface area contributed by atoms with Crippen LogP contribution in [0.2, 0.25) is 5.02 Å². The Morgan fingerprint density at radius 3 is 3.04 bits per heavy atom. The Hall–Kier alpha value is -2.42. The van der Waals surface area contributed by atoms with Crippen LogP contribution in [0.15, 0.2) is 34.4 Å². The van der Waals surface area contributed by atoms with Gasteiger partial charge in [0.2, 0.25) is 0 Å². The van der Waals surface area contributed by atoms with Crippen LogP contribution in [-0.4, -0.2) is 29.6 Å². The van der Waals surface area contributed by atoms with Crippen LogP contribution in [0.3, 0.4) is 0 Å². The number of halogens is 2. The van der Waals surface area contributed by atoms with E-state index in [0.717, 1.165) is 10.9 Å². The van der Waals surface area contributed by atoms with Gasteiger partial charge in [-0.3, -0.25) is 4.79 Å². The molecule has 6 nitrogen and oxygen atoms in total. The number of benzene rings is 1. The topological polar surface area (TPSA) is 74.4 Å². The van der Waals surface area contributed by atoms with Crippen molar-refractivity contribution in [2.45, 2.75) is 12.6 Å². The summed E-state index contributed by atoms with van der Waals surface area (Å²) in [5, 5.41) is 5.32. The maximum Gasteiger partial charge on any atom is 0.322 e. The van der Waals surface area contributed by atoms with Crippen LogP contribution in [0, 0.1) is 5.82 Å². The molecule has 0 saturated heterocycles. The molecule has 27 heavy (non-hydrogen) atoms. The summed E-state index contributed by atoms with van der Waals surface area (Å²) < 4.78 is 19.5. The van der Waals surface area contributed by atoms with Gasteiger partial charge >= 0.3 is 6.03 Å². The number of hydrogen-bond donors (Lipinski definition) is 2. The van der Waals surface area contributed by atoms with Gasteiger partial charge in [0.15, 0.2) is 0 Å². The number of fused-ring (bicyclic) bond motifs is 3. The van der Waals surface area contributed by atoms with Crippen LogP contribution < -0.4 is 10.9 Å². The third-order valence-corrected chi connectivity index (χ3v) is 5.77. The lowest BCUT2D eigenvalue weighted by Crippen LogP contribution is -2.39. The van der Waals surface area contributed by atoms with Crippen molar-refractivity contribution in [3.05, 3.63) is 62.1 Å². The highest BCUT2D eigenvalue weighted by Crippen LogP contribution is 2.34. The summed E-state index contributed by atoms with van der Waals surface area (Å²) in [6.07, 6.45) is 0. The van der Waals surface area contributed by atoms with E-state index in [0.29, 0.717) is 22.7 Å². The summed E-state index contributed by atoms with van der Waals surface area (Å²) in [6.45, 7) is 0.591. The van der Waals surface area contributed by atoms with E-state index in [1.54, 1.807) is 7.05 Å². The fourth-order valence-electron chi connectivity index (χ4n) is 3.20. The molecule has 0 spiro atoms. The van der Waals surface area contributed by atoms with E-state index in [1.807, 2.05) is 11.4 Å². The smallest absolute Gasteiger partial charge is 0.322 e. The summed E-state index contributed by atoms with van der Waals surface area (Å²) in [7, 11) is 1.65. The molecule has 1 aliphatic heterocycles. The minimum Gasteiger partial charge on any atom is -0.373 e. The molecular weight excluding hydrogens is 393 g/mol. The van der Waals surface area contributed by atoms with Crippen LogP contribution in [-0.2, 0) is 11.3 Å². The number of carbonyl (C=O) groups is 1. The zero-order valence-corrected chi connectivity index (χ0v) is 15.8. The average molecular weight is 408 g/mol. The van der Waals surface area contributed by atoms with E-state index >= 15 is 0 Å². The summed E-state index contributed by atoms with van der Waals surface area (Å²) >= 11 is 7.13. The predicted molar refractivity (Wildman–Crippen MR) is 103 cm³/mol. The molecule has 3 aromatic rings. The highest BCUT2D eigenvalue weighted by molar-refractivity contribution is 7.17. The van der Waals surface area contributed by atoms with Gasteiger partial charge in [0.25, 0.3) is 5.56 Å². The van der Waals surface area contributed by atoms with Crippen molar-refractivity contribution < 1.29 is 13.9 Å². The minimum absolute atomic E-state index is 0.0700. The summed E-state index contributed by atoms with van der Waals surface area (Å²) in [5.41, 5.74) is 1.78. The van der Waals surface area contributed by atoms with E-state index in [9.17, 15) is 14.0 Å². The van der Waals surface area contributed by atoms with Gasteiger partial charge in [0, 0.05) is 29.4 Å². The van der Waals surface area contributed by atoms with Gasteiger partial charge in [-0.25, -0.2) is 9.18 Å². The lowest BCUT2D eigenvalue weighted by atomic mass is 9.99. The van der Waals surface area contributed by atoms with Gasteiger partial charge in [-0.05, 0) is 29.6 Å². The largest absolute Gasteiger partial charge is 0.373 e.